The van der Waals surface area contributed by atoms with E-state index < -0.39 is 0 Å². The van der Waals surface area contributed by atoms with Gasteiger partial charge in [0.15, 0.2) is 5.84 Å². The lowest BCUT2D eigenvalue weighted by Gasteiger charge is -2.26. The third-order valence-electron chi connectivity index (χ3n) is 3.29. The molecule has 0 fully saturated rings. The maximum absolute atomic E-state index is 8.97. The van der Waals surface area contributed by atoms with Crippen molar-refractivity contribution in [2.24, 2.45) is 10.9 Å². The molecule has 3 N–H and O–H groups in total. The molecular formula is C16H18ClN3O. The molecule has 4 nitrogen and oxygen atoms in total. The average Bonchev–Trinajstić information content (AvgIpc) is 2.50. The van der Waals surface area contributed by atoms with Crippen LogP contribution in [0.3, 0.4) is 0 Å². The van der Waals surface area contributed by atoms with Crippen LogP contribution in [0.15, 0.2) is 47.6 Å². The fourth-order valence-electron chi connectivity index (χ4n) is 2.22. The Labute approximate surface area is 129 Å². The van der Waals surface area contributed by atoms with E-state index in [9.17, 15) is 0 Å². The van der Waals surface area contributed by atoms with Crippen LogP contribution in [-0.2, 0) is 0 Å². The second-order valence-corrected chi connectivity index (χ2v) is 5.16. The summed E-state index contributed by atoms with van der Waals surface area (Å²) in [6.45, 7) is 4.84. The summed E-state index contributed by atoms with van der Waals surface area (Å²) >= 11 is 6.02. The fourth-order valence-corrected chi connectivity index (χ4v) is 2.39. The Kier molecular flexibility index (Phi) is 4.70. The minimum atomic E-state index is 0.0399. The number of nitrogens with zero attached hydrogens (tertiary/aromatic N) is 2. The van der Waals surface area contributed by atoms with Gasteiger partial charge in [0.1, 0.15) is 0 Å². The molecule has 0 bridgehead atoms. The zero-order valence-corrected chi connectivity index (χ0v) is 12.8. The van der Waals surface area contributed by atoms with Crippen LogP contribution in [0.1, 0.15) is 18.1 Å². The van der Waals surface area contributed by atoms with Gasteiger partial charge in [-0.1, -0.05) is 34.5 Å². The van der Waals surface area contributed by atoms with Crippen LogP contribution in [0.5, 0.6) is 0 Å². The topological polar surface area (TPSA) is 61.8 Å². The first-order valence-electron chi connectivity index (χ1n) is 6.68. The molecule has 0 saturated heterocycles. The molecule has 21 heavy (non-hydrogen) atoms. The molecule has 0 atom stereocenters. The third-order valence-corrected chi connectivity index (χ3v) is 3.53. The summed E-state index contributed by atoms with van der Waals surface area (Å²) in [7, 11) is 0. The van der Waals surface area contributed by atoms with Crippen molar-refractivity contribution in [3.63, 3.8) is 0 Å². The molecular weight excluding hydrogens is 286 g/mol. The van der Waals surface area contributed by atoms with Gasteiger partial charge in [0.25, 0.3) is 0 Å². The highest BCUT2D eigenvalue weighted by Gasteiger charge is 2.15. The van der Waals surface area contributed by atoms with E-state index in [0.717, 1.165) is 17.9 Å². The van der Waals surface area contributed by atoms with Crippen molar-refractivity contribution >= 4 is 28.8 Å². The second-order valence-electron chi connectivity index (χ2n) is 4.73. The zero-order chi connectivity index (χ0) is 15.4. The summed E-state index contributed by atoms with van der Waals surface area (Å²) in [4.78, 5) is 2.09. The average molecular weight is 304 g/mol. The molecule has 0 heterocycles. The molecule has 2 aromatic rings. The minimum Gasteiger partial charge on any atom is -0.409 e. The lowest BCUT2D eigenvalue weighted by atomic mass is 10.1. The summed E-state index contributed by atoms with van der Waals surface area (Å²) in [5.74, 6) is 0.0399. The largest absolute Gasteiger partial charge is 0.409 e. The van der Waals surface area contributed by atoms with Crippen molar-refractivity contribution in [2.45, 2.75) is 13.8 Å². The highest BCUT2D eigenvalue weighted by molar-refractivity contribution is 6.31. The molecule has 0 aliphatic carbocycles. The van der Waals surface area contributed by atoms with Gasteiger partial charge in [-0.3, -0.25) is 0 Å². The number of nitrogens with two attached hydrogens (primary N) is 1. The van der Waals surface area contributed by atoms with Crippen molar-refractivity contribution in [3.05, 3.63) is 58.6 Å². The predicted molar refractivity (Wildman–Crippen MR) is 87.8 cm³/mol. The molecule has 0 spiro atoms. The Bertz CT molecular complexity index is 653. The molecule has 0 saturated carbocycles. The first-order chi connectivity index (χ1) is 10.1. The molecule has 2 rings (SSSR count). The van der Waals surface area contributed by atoms with Crippen molar-refractivity contribution in [1.29, 1.82) is 0 Å². The van der Waals surface area contributed by atoms with Crippen molar-refractivity contribution < 1.29 is 5.21 Å². The van der Waals surface area contributed by atoms with Crippen LogP contribution < -0.4 is 10.6 Å². The summed E-state index contributed by atoms with van der Waals surface area (Å²) in [5.41, 5.74) is 9.46. The van der Waals surface area contributed by atoms with Crippen molar-refractivity contribution in [2.75, 3.05) is 11.4 Å². The molecule has 5 heteroatoms. The van der Waals surface area contributed by atoms with Crippen LogP contribution in [0.4, 0.5) is 11.4 Å². The van der Waals surface area contributed by atoms with Gasteiger partial charge < -0.3 is 15.8 Å². The van der Waals surface area contributed by atoms with E-state index in [2.05, 4.69) is 22.2 Å². The van der Waals surface area contributed by atoms with Crippen molar-refractivity contribution in [1.82, 2.24) is 0 Å². The van der Waals surface area contributed by atoms with Crippen LogP contribution in [0.2, 0.25) is 5.02 Å². The SMILES string of the molecule is CCN(c1ccc(C)cc1)c1ccc(Cl)cc1C(N)=NO. The van der Waals surface area contributed by atoms with E-state index in [-0.39, 0.29) is 5.84 Å². The van der Waals surface area contributed by atoms with Gasteiger partial charge in [-0.25, -0.2) is 0 Å². The van der Waals surface area contributed by atoms with Crippen LogP contribution >= 0.6 is 11.6 Å². The number of amidine groups is 1. The molecule has 0 unspecified atom stereocenters. The van der Waals surface area contributed by atoms with Gasteiger partial charge in [0.2, 0.25) is 0 Å². The number of oxime groups is 1. The molecule has 0 aliphatic rings. The quantitative estimate of drug-likeness (QED) is 0.390. The van der Waals surface area contributed by atoms with Gasteiger partial charge in [-0.15, -0.1) is 0 Å². The Morgan fingerprint density at radius 2 is 1.90 bits per heavy atom. The first-order valence-corrected chi connectivity index (χ1v) is 7.06. The predicted octanol–water partition coefficient (Wildman–Crippen LogP) is 3.90. The monoisotopic (exact) mass is 303 g/mol. The summed E-state index contributed by atoms with van der Waals surface area (Å²) in [6, 6.07) is 13.6. The van der Waals surface area contributed by atoms with E-state index in [1.807, 2.05) is 32.0 Å². The van der Waals surface area contributed by atoms with E-state index >= 15 is 0 Å². The number of rotatable bonds is 4. The number of halogens is 1. The first kappa shape index (κ1) is 15.2. The Morgan fingerprint density at radius 1 is 1.24 bits per heavy atom. The normalized spacial score (nSPS) is 11.5. The van der Waals surface area contributed by atoms with E-state index in [4.69, 9.17) is 22.5 Å². The molecule has 0 amide bonds. The fraction of sp³-hybridized carbons (Fsp3) is 0.188. The van der Waals surface area contributed by atoms with Gasteiger partial charge in [-0.05, 0) is 44.2 Å². The van der Waals surface area contributed by atoms with Crippen LogP contribution in [0, 0.1) is 6.92 Å². The van der Waals surface area contributed by atoms with Gasteiger partial charge in [0, 0.05) is 22.8 Å². The molecule has 0 aliphatic heterocycles. The number of hydrogen-bond acceptors (Lipinski definition) is 3. The van der Waals surface area contributed by atoms with E-state index in [1.54, 1.807) is 12.1 Å². The third kappa shape index (κ3) is 3.28. The number of hydrogen-bond donors (Lipinski definition) is 2. The molecule has 0 aromatic heterocycles. The molecule has 0 radical (unpaired) electrons. The maximum Gasteiger partial charge on any atom is 0.172 e. The Hall–Kier alpha value is -2.20. The van der Waals surface area contributed by atoms with Crippen LogP contribution in [0.25, 0.3) is 0 Å². The molecule has 2 aromatic carbocycles. The second kappa shape index (κ2) is 6.50. The lowest BCUT2D eigenvalue weighted by molar-refractivity contribution is 0.318. The van der Waals surface area contributed by atoms with E-state index in [0.29, 0.717) is 10.6 Å². The smallest absolute Gasteiger partial charge is 0.172 e. The van der Waals surface area contributed by atoms with Gasteiger partial charge >= 0.3 is 0 Å². The van der Waals surface area contributed by atoms with Crippen LogP contribution in [-0.4, -0.2) is 17.6 Å². The Morgan fingerprint density at radius 3 is 2.48 bits per heavy atom. The minimum absolute atomic E-state index is 0.0399. The summed E-state index contributed by atoms with van der Waals surface area (Å²) < 4.78 is 0. The number of aryl methyl sites for hydroxylation is 1. The van der Waals surface area contributed by atoms with Gasteiger partial charge in [0.05, 0.1) is 5.69 Å². The number of anilines is 2. The Balaban J connectivity index is 2.54. The standard InChI is InChI=1S/C16H18ClN3O/c1-3-20(13-7-4-11(2)5-8-13)15-9-6-12(17)10-14(15)16(18)19-21/h4-10,21H,3H2,1-2H3,(H2,18,19). The molecule has 110 valence electrons. The van der Waals surface area contributed by atoms with Crippen molar-refractivity contribution in [3.8, 4) is 0 Å². The highest BCUT2D eigenvalue weighted by Crippen LogP contribution is 2.30. The zero-order valence-electron chi connectivity index (χ0n) is 12.0. The highest BCUT2D eigenvalue weighted by atomic mass is 35.5. The summed E-state index contributed by atoms with van der Waals surface area (Å²) in [6.07, 6.45) is 0. The van der Waals surface area contributed by atoms with E-state index in [1.165, 1.54) is 5.56 Å². The lowest BCUT2D eigenvalue weighted by Crippen LogP contribution is -2.22. The summed E-state index contributed by atoms with van der Waals surface area (Å²) in [5, 5.41) is 12.6. The maximum atomic E-state index is 8.97. The number of benzene rings is 2. The van der Waals surface area contributed by atoms with Gasteiger partial charge in [-0.2, -0.15) is 0 Å².